The second kappa shape index (κ2) is 11.9. The second-order valence-electron chi connectivity index (χ2n) is 11.7. The summed E-state index contributed by atoms with van der Waals surface area (Å²) in [5.74, 6) is 0.211. The van der Waals surface area contributed by atoms with E-state index in [1.54, 1.807) is 4.90 Å². The molecular weight excluding hydrogens is 560 g/mol. The average Bonchev–Trinajstić information content (AvgIpc) is 3.68. The SMILES string of the molecule is CC(C)N(Cc1ccccc1)C(=O)CN1C(=O)C(Cc2c[nH]c3ccccc23)c2nnc(-c3ccccc3)n2-c2ccccc21. The summed E-state index contributed by atoms with van der Waals surface area (Å²) in [5.41, 5.74) is 5.35. The lowest BCUT2D eigenvalue weighted by Crippen LogP contribution is -2.46. The first-order valence-corrected chi connectivity index (χ1v) is 15.3. The molecule has 7 rings (SSSR count). The standard InChI is InChI=1S/C37H34N6O2/c1-25(2)41(23-26-13-5-3-6-14-26)34(44)24-42-32-19-11-12-20-33(32)43-35(27-15-7-4-8-16-27)39-40-36(43)30(37(42)45)21-28-22-38-31-18-10-9-17-29(28)31/h3-20,22,25,30,38H,21,23-24H2,1-2H3. The molecule has 0 spiro atoms. The summed E-state index contributed by atoms with van der Waals surface area (Å²) in [5, 5.41) is 10.4. The highest BCUT2D eigenvalue weighted by Gasteiger charge is 2.39. The topological polar surface area (TPSA) is 87.1 Å². The number of carbonyl (C=O) groups is 2. The number of nitrogens with zero attached hydrogens (tertiary/aromatic N) is 5. The van der Waals surface area contributed by atoms with Crippen molar-refractivity contribution in [3.63, 3.8) is 0 Å². The quantitative estimate of drug-likeness (QED) is 0.217. The van der Waals surface area contributed by atoms with Crippen molar-refractivity contribution in [3.8, 4) is 17.1 Å². The molecule has 0 saturated heterocycles. The molecule has 6 aromatic rings. The van der Waals surface area contributed by atoms with Gasteiger partial charge in [0.25, 0.3) is 0 Å². The molecule has 1 N–H and O–H groups in total. The lowest BCUT2D eigenvalue weighted by Gasteiger charge is -2.31. The minimum atomic E-state index is -0.684. The summed E-state index contributed by atoms with van der Waals surface area (Å²) in [6.45, 7) is 4.38. The van der Waals surface area contributed by atoms with Gasteiger partial charge in [-0.1, -0.05) is 91.0 Å². The predicted molar refractivity (Wildman–Crippen MR) is 176 cm³/mol. The van der Waals surface area contributed by atoms with Crippen LogP contribution in [0.1, 0.15) is 36.7 Å². The predicted octanol–water partition coefficient (Wildman–Crippen LogP) is 6.53. The molecule has 0 saturated carbocycles. The van der Waals surface area contributed by atoms with Gasteiger partial charge in [0, 0.05) is 35.2 Å². The largest absolute Gasteiger partial charge is 0.361 e. The third-order valence-corrected chi connectivity index (χ3v) is 8.54. The van der Waals surface area contributed by atoms with Crippen LogP contribution in [-0.4, -0.2) is 49.0 Å². The highest BCUT2D eigenvalue weighted by atomic mass is 16.2. The third kappa shape index (κ3) is 5.29. The van der Waals surface area contributed by atoms with E-state index < -0.39 is 5.92 Å². The summed E-state index contributed by atoms with van der Waals surface area (Å²) in [6, 6.07) is 35.6. The van der Waals surface area contributed by atoms with Crippen LogP contribution in [0.2, 0.25) is 0 Å². The van der Waals surface area contributed by atoms with Gasteiger partial charge in [0.05, 0.1) is 11.4 Å². The number of benzene rings is 4. The molecule has 45 heavy (non-hydrogen) atoms. The van der Waals surface area contributed by atoms with Gasteiger partial charge in [-0.3, -0.25) is 14.2 Å². The molecule has 0 radical (unpaired) electrons. The van der Waals surface area contributed by atoms with Gasteiger partial charge in [-0.05, 0) is 49.6 Å². The molecule has 0 fully saturated rings. The van der Waals surface area contributed by atoms with Gasteiger partial charge >= 0.3 is 0 Å². The van der Waals surface area contributed by atoms with Crippen LogP contribution in [0.3, 0.4) is 0 Å². The number of nitrogens with one attached hydrogen (secondary N) is 1. The molecule has 0 aliphatic carbocycles. The lowest BCUT2D eigenvalue weighted by molar-refractivity contribution is -0.133. The van der Waals surface area contributed by atoms with Crippen LogP contribution >= 0.6 is 0 Å². The lowest BCUT2D eigenvalue weighted by atomic mass is 9.96. The Morgan fingerprint density at radius 2 is 1.51 bits per heavy atom. The van der Waals surface area contributed by atoms with Crippen LogP contribution in [0, 0.1) is 0 Å². The molecule has 8 nitrogen and oxygen atoms in total. The van der Waals surface area contributed by atoms with Gasteiger partial charge in [-0.2, -0.15) is 0 Å². The van der Waals surface area contributed by atoms with Crippen molar-refractivity contribution in [1.82, 2.24) is 24.6 Å². The van der Waals surface area contributed by atoms with Crippen LogP contribution in [0.25, 0.3) is 28.0 Å². The van der Waals surface area contributed by atoms with Crippen LogP contribution in [0.4, 0.5) is 5.69 Å². The zero-order chi connectivity index (χ0) is 30.9. The van der Waals surface area contributed by atoms with E-state index in [9.17, 15) is 9.59 Å². The van der Waals surface area contributed by atoms with E-state index in [0.29, 0.717) is 30.3 Å². The Kier molecular flexibility index (Phi) is 7.47. The van der Waals surface area contributed by atoms with Gasteiger partial charge in [0.1, 0.15) is 12.5 Å². The first-order chi connectivity index (χ1) is 22.0. The Morgan fingerprint density at radius 1 is 0.844 bits per heavy atom. The third-order valence-electron chi connectivity index (χ3n) is 8.54. The zero-order valence-corrected chi connectivity index (χ0v) is 25.3. The number of hydrogen-bond acceptors (Lipinski definition) is 4. The Morgan fingerprint density at radius 3 is 2.27 bits per heavy atom. The zero-order valence-electron chi connectivity index (χ0n) is 25.3. The Hall–Kier alpha value is -5.50. The van der Waals surface area contributed by atoms with Crippen molar-refractivity contribution >= 4 is 28.4 Å². The second-order valence-corrected chi connectivity index (χ2v) is 11.7. The van der Waals surface area contributed by atoms with E-state index in [0.717, 1.165) is 33.3 Å². The van der Waals surface area contributed by atoms with Gasteiger partial charge in [-0.15, -0.1) is 10.2 Å². The fourth-order valence-corrected chi connectivity index (χ4v) is 6.26. The monoisotopic (exact) mass is 594 g/mol. The van der Waals surface area contributed by atoms with E-state index in [4.69, 9.17) is 0 Å². The fraction of sp³-hybridized carbons (Fsp3) is 0.189. The number of hydrogen-bond donors (Lipinski definition) is 1. The van der Waals surface area contributed by atoms with E-state index in [2.05, 4.69) is 21.2 Å². The van der Waals surface area contributed by atoms with E-state index in [1.807, 2.05) is 133 Å². The number of aromatic nitrogens is 4. The highest BCUT2D eigenvalue weighted by Crippen LogP contribution is 2.39. The number of H-pyrrole nitrogens is 1. The molecule has 2 aromatic heterocycles. The number of rotatable bonds is 8. The van der Waals surface area contributed by atoms with Crippen molar-refractivity contribution in [3.05, 3.63) is 132 Å². The Balaban J connectivity index is 1.34. The van der Waals surface area contributed by atoms with Crippen molar-refractivity contribution in [2.45, 2.75) is 38.8 Å². The molecule has 3 heterocycles. The summed E-state index contributed by atoms with van der Waals surface area (Å²) in [4.78, 5) is 35.8. The normalized spacial score (nSPS) is 14.3. The van der Waals surface area contributed by atoms with Gasteiger partial charge in [0.2, 0.25) is 11.8 Å². The van der Waals surface area contributed by atoms with E-state index in [-0.39, 0.29) is 24.4 Å². The summed E-state index contributed by atoms with van der Waals surface area (Å²) >= 11 is 0. The number of carbonyl (C=O) groups excluding carboxylic acids is 2. The maximum absolute atomic E-state index is 14.8. The molecule has 4 aromatic carbocycles. The molecule has 0 bridgehead atoms. The van der Waals surface area contributed by atoms with Crippen molar-refractivity contribution in [2.24, 2.45) is 0 Å². The Labute approximate surface area is 261 Å². The van der Waals surface area contributed by atoms with Gasteiger partial charge in [0.15, 0.2) is 11.6 Å². The number of anilines is 1. The van der Waals surface area contributed by atoms with Crippen LogP contribution in [0.5, 0.6) is 0 Å². The van der Waals surface area contributed by atoms with Crippen molar-refractivity contribution < 1.29 is 9.59 Å². The number of para-hydroxylation sites is 3. The first-order valence-electron chi connectivity index (χ1n) is 15.3. The van der Waals surface area contributed by atoms with Gasteiger partial charge < -0.3 is 14.8 Å². The van der Waals surface area contributed by atoms with Crippen LogP contribution in [0.15, 0.2) is 115 Å². The van der Waals surface area contributed by atoms with Crippen LogP contribution < -0.4 is 4.90 Å². The van der Waals surface area contributed by atoms with Crippen LogP contribution in [-0.2, 0) is 22.6 Å². The number of amides is 2. The maximum Gasteiger partial charge on any atom is 0.243 e. The molecule has 8 heteroatoms. The summed E-state index contributed by atoms with van der Waals surface area (Å²) in [6.07, 6.45) is 2.36. The molecule has 1 aliphatic heterocycles. The molecule has 2 amide bonds. The molecule has 1 unspecified atom stereocenters. The van der Waals surface area contributed by atoms with E-state index in [1.165, 1.54) is 0 Å². The average molecular weight is 595 g/mol. The van der Waals surface area contributed by atoms with Crippen molar-refractivity contribution in [2.75, 3.05) is 11.4 Å². The first kappa shape index (κ1) is 28.3. The number of aromatic amines is 1. The Bertz CT molecular complexity index is 1980. The minimum absolute atomic E-state index is 0.0543. The van der Waals surface area contributed by atoms with Gasteiger partial charge in [-0.25, -0.2) is 0 Å². The summed E-state index contributed by atoms with van der Waals surface area (Å²) < 4.78 is 2.00. The maximum atomic E-state index is 14.8. The van der Waals surface area contributed by atoms with Crippen molar-refractivity contribution in [1.29, 1.82) is 0 Å². The fourth-order valence-electron chi connectivity index (χ4n) is 6.26. The molecular formula is C37H34N6O2. The summed E-state index contributed by atoms with van der Waals surface area (Å²) in [7, 11) is 0. The number of fused-ring (bicyclic) bond motifs is 4. The molecule has 224 valence electrons. The highest BCUT2D eigenvalue weighted by molar-refractivity contribution is 6.05. The minimum Gasteiger partial charge on any atom is -0.361 e. The smallest absolute Gasteiger partial charge is 0.243 e. The molecule has 1 aliphatic rings. The van der Waals surface area contributed by atoms with E-state index >= 15 is 0 Å². The molecule has 1 atom stereocenters.